The Morgan fingerprint density at radius 2 is 2.07 bits per heavy atom. The van der Waals surface area contributed by atoms with E-state index < -0.39 is 5.60 Å². The fourth-order valence-corrected chi connectivity index (χ4v) is 2.35. The first-order valence-corrected chi connectivity index (χ1v) is 5.53. The van der Waals surface area contributed by atoms with Gasteiger partial charge in [0.15, 0.2) is 0 Å². The lowest BCUT2D eigenvalue weighted by atomic mass is 9.74. The third-order valence-electron chi connectivity index (χ3n) is 3.18. The molecule has 1 aliphatic carbocycles. The van der Waals surface area contributed by atoms with Gasteiger partial charge in [-0.2, -0.15) is 0 Å². The molecular formula is C11H19NO3. The van der Waals surface area contributed by atoms with Crippen LogP contribution in [0.2, 0.25) is 0 Å². The van der Waals surface area contributed by atoms with Crippen LogP contribution in [0.5, 0.6) is 0 Å². The molecule has 4 heteroatoms. The first-order chi connectivity index (χ1) is 6.87. The molecule has 0 aromatic rings. The minimum absolute atomic E-state index is 0.206. The van der Waals surface area contributed by atoms with Crippen LogP contribution in [-0.2, 0) is 4.74 Å². The fraction of sp³-hybridized carbons (Fsp3) is 0.909. The summed E-state index contributed by atoms with van der Waals surface area (Å²) >= 11 is 0. The van der Waals surface area contributed by atoms with Gasteiger partial charge in [0.1, 0.15) is 5.60 Å². The second-order valence-electron chi connectivity index (χ2n) is 5.61. The summed E-state index contributed by atoms with van der Waals surface area (Å²) in [5, 5.41) is 9.47. The Bertz CT molecular complexity index is 271. The summed E-state index contributed by atoms with van der Waals surface area (Å²) in [5.74, 6) is 0.782. The van der Waals surface area contributed by atoms with Gasteiger partial charge in [-0.3, -0.25) is 0 Å². The van der Waals surface area contributed by atoms with E-state index in [1.54, 1.807) is 4.90 Å². The molecule has 1 aliphatic heterocycles. The van der Waals surface area contributed by atoms with E-state index in [-0.39, 0.29) is 18.1 Å². The Kier molecular flexibility index (Phi) is 2.41. The lowest BCUT2D eigenvalue weighted by Crippen LogP contribution is -2.40. The number of ether oxygens (including phenoxy) is 1. The molecule has 1 saturated heterocycles. The number of hydrogen-bond acceptors (Lipinski definition) is 3. The van der Waals surface area contributed by atoms with Crippen LogP contribution in [0, 0.1) is 11.8 Å². The molecule has 2 fully saturated rings. The number of aliphatic hydroxyl groups is 1. The lowest BCUT2D eigenvalue weighted by molar-refractivity contribution is -0.00455. The van der Waals surface area contributed by atoms with Crippen LogP contribution in [0.25, 0.3) is 0 Å². The Morgan fingerprint density at radius 3 is 2.53 bits per heavy atom. The zero-order chi connectivity index (χ0) is 11.2. The number of likely N-dealkylation sites (tertiary alicyclic amines) is 1. The van der Waals surface area contributed by atoms with Crippen molar-refractivity contribution in [3.63, 3.8) is 0 Å². The Morgan fingerprint density at radius 1 is 1.40 bits per heavy atom. The van der Waals surface area contributed by atoms with Crippen LogP contribution in [0.4, 0.5) is 4.79 Å². The van der Waals surface area contributed by atoms with Gasteiger partial charge in [-0.05, 0) is 33.1 Å². The minimum Gasteiger partial charge on any atom is -0.444 e. The quantitative estimate of drug-likeness (QED) is 0.658. The highest BCUT2D eigenvalue weighted by molar-refractivity contribution is 5.68. The molecule has 1 N–H and O–H groups in total. The smallest absolute Gasteiger partial charge is 0.410 e. The number of amides is 1. The van der Waals surface area contributed by atoms with Crippen molar-refractivity contribution in [2.24, 2.45) is 11.8 Å². The molecular weight excluding hydrogens is 194 g/mol. The molecule has 86 valence electrons. The Hall–Kier alpha value is -0.770. The molecule has 1 heterocycles. The molecule has 2 rings (SSSR count). The van der Waals surface area contributed by atoms with Crippen molar-refractivity contribution in [3.8, 4) is 0 Å². The highest BCUT2D eigenvalue weighted by atomic mass is 16.6. The third kappa shape index (κ3) is 2.09. The topological polar surface area (TPSA) is 49.8 Å². The summed E-state index contributed by atoms with van der Waals surface area (Å²) < 4.78 is 5.29. The van der Waals surface area contributed by atoms with Gasteiger partial charge in [-0.15, -0.1) is 0 Å². The summed E-state index contributed by atoms with van der Waals surface area (Å²) in [6, 6.07) is 0. The van der Waals surface area contributed by atoms with E-state index in [4.69, 9.17) is 4.74 Å². The normalized spacial score (nSPS) is 34.7. The molecule has 0 aromatic carbocycles. The lowest BCUT2D eigenvalue weighted by Gasteiger charge is -2.34. The number of nitrogens with zero attached hydrogens (tertiary/aromatic N) is 1. The summed E-state index contributed by atoms with van der Waals surface area (Å²) in [7, 11) is 0. The van der Waals surface area contributed by atoms with Crippen molar-refractivity contribution >= 4 is 6.09 Å². The third-order valence-corrected chi connectivity index (χ3v) is 3.18. The largest absolute Gasteiger partial charge is 0.444 e. The van der Waals surface area contributed by atoms with Crippen LogP contribution < -0.4 is 0 Å². The first-order valence-electron chi connectivity index (χ1n) is 5.53. The van der Waals surface area contributed by atoms with E-state index >= 15 is 0 Å². The molecule has 3 atom stereocenters. The van der Waals surface area contributed by atoms with Gasteiger partial charge in [0, 0.05) is 19.0 Å². The van der Waals surface area contributed by atoms with Gasteiger partial charge in [0.25, 0.3) is 0 Å². The van der Waals surface area contributed by atoms with Gasteiger partial charge in [-0.25, -0.2) is 4.79 Å². The Balaban J connectivity index is 1.88. The number of fused-ring (bicyclic) bond motifs is 1. The SMILES string of the molecule is CC(C)(C)OC(=O)N1C[C@@H]2C[C@H](O)[C@H]2C1. The van der Waals surface area contributed by atoms with E-state index in [1.807, 2.05) is 20.8 Å². The van der Waals surface area contributed by atoms with Crippen molar-refractivity contribution in [1.29, 1.82) is 0 Å². The van der Waals surface area contributed by atoms with E-state index in [1.165, 1.54) is 0 Å². The summed E-state index contributed by atoms with van der Waals surface area (Å²) in [6.45, 7) is 7.00. The van der Waals surface area contributed by atoms with Crippen molar-refractivity contribution < 1.29 is 14.6 Å². The van der Waals surface area contributed by atoms with Crippen LogP contribution >= 0.6 is 0 Å². The van der Waals surface area contributed by atoms with E-state index in [0.717, 1.165) is 13.0 Å². The highest BCUT2D eigenvalue weighted by Crippen LogP contribution is 2.41. The zero-order valence-electron chi connectivity index (χ0n) is 9.56. The van der Waals surface area contributed by atoms with Crippen LogP contribution in [-0.4, -0.2) is 40.9 Å². The monoisotopic (exact) mass is 213 g/mol. The second-order valence-corrected chi connectivity index (χ2v) is 5.61. The molecule has 0 aromatic heterocycles. The summed E-state index contributed by atoms with van der Waals surface area (Å²) in [4.78, 5) is 13.4. The minimum atomic E-state index is -0.433. The van der Waals surface area contributed by atoms with Gasteiger partial charge < -0.3 is 14.7 Å². The average Bonchev–Trinajstić information content (AvgIpc) is 2.39. The molecule has 0 spiro atoms. The van der Waals surface area contributed by atoms with Gasteiger partial charge in [-0.1, -0.05) is 0 Å². The van der Waals surface area contributed by atoms with Crippen molar-refractivity contribution in [3.05, 3.63) is 0 Å². The second kappa shape index (κ2) is 3.37. The van der Waals surface area contributed by atoms with E-state index in [2.05, 4.69) is 0 Å². The average molecular weight is 213 g/mol. The highest BCUT2D eigenvalue weighted by Gasteiger charge is 2.48. The number of carbonyl (C=O) groups is 1. The number of carbonyl (C=O) groups excluding carboxylic acids is 1. The van der Waals surface area contributed by atoms with Crippen LogP contribution in [0.1, 0.15) is 27.2 Å². The molecule has 0 bridgehead atoms. The van der Waals surface area contributed by atoms with E-state index in [0.29, 0.717) is 12.5 Å². The van der Waals surface area contributed by atoms with Crippen LogP contribution in [0.15, 0.2) is 0 Å². The number of hydrogen-bond donors (Lipinski definition) is 1. The molecule has 4 nitrogen and oxygen atoms in total. The maximum Gasteiger partial charge on any atom is 0.410 e. The molecule has 2 aliphatic rings. The number of aliphatic hydroxyl groups excluding tert-OH is 1. The van der Waals surface area contributed by atoms with E-state index in [9.17, 15) is 9.90 Å². The molecule has 0 unspecified atom stereocenters. The van der Waals surface area contributed by atoms with Gasteiger partial charge in [0.05, 0.1) is 6.10 Å². The standard InChI is InChI=1S/C11H19NO3/c1-11(2,3)15-10(14)12-5-7-4-9(13)8(7)6-12/h7-9,13H,4-6H2,1-3H3/t7-,8-,9-/m0/s1. The molecule has 15 heavy (non-hydrogen) atoms. The predicted molar refractivity (Wildman–Crippen MR) is 55.4 cm³/mol. The fourth-order valence-electron chi connectivity index (χ4n) is 2.35. The molecule has 1 amide bonds. The first kappa shape index (κ1) is 10.7. The predicted octanol–water partition coefficient (Wildman–Crippen LogP) is 1.23. The van der Waals surface area contributed by atoms with Gasteiger partial charge in [0.2, 0.25) is 0 Å². The zero-order valence-corrected chi connectivity index (χ0v) is 9.56. The van der Waals surface area contributed by atoms with Crippen molar-refractivity contribution in [2.45, 2.75) is 38.9 Å². The molecule has 0 radical (unpaired) electrons. The van der Waals surface area contributed by atoms with Crippen molar-refractivity contribution in [2.75, 3.05) is 13.1 Å². The van der Waals surface area contributed by atoms with Crippen LogP contribution in [0.3, 0.4) is 0 Å². The van der Waals surface area contributed by atoms with Crippen molar-refractivity contribution in [1.82, 2.24) is 4.90 Å². The maximum atomic E-state index is 11.7. The Labute approximate surface area is 90.2 Å². The number of rotatable bonds is 0. The van der Waals surface area contributed by atoms with Gasteiger partial charge >= 0.3 is 6.09 Å². The summed E-state index contributed by atoms with van der Waals surface area (Å²) in [6.07, 6.45) is 0.385. The maximum absolute atomic E-state index is 11.7. The molecule has 1 saturated carbocycles. The summed E-state index contributed by atoms with van der Waals surface area (Å²) in [5.41, 5.74) is -0.433.